The number of rotatable bonds is 3. The molecular formula is C14H12OS. The molecule has 0 aliphatic heterocycles. The van der Waals surface area contributed by atoms with E-state index in [1.165, 1.54) is 16.0 Å². The Balaban J connectivity index is 1.79. The molecule has 1 aliphatic rings. The third-order valence-electron chi connectivity index (χ3n) is 2.74. The van der Waals surface area contributed by atoms with E-state index in [0.29, 0.717) is 6.61 Å². The van der Waals surface area contributed by atoms with Crippen molar-refractivity contribution < 1.29 is 4.74 Å². The van der Waals surface area contributed by atoms with Gasteiger partial charge < -0.3 is 4.74 Å². The van der Waals surface area contributed by atoms with Gasteiger partial charge in [0, 0.05) is 10.4 Å². The van der Waals surface area contributed by atoms with Crippen LogP contribution in [0.5, 0.6) is 5.75 Å². The number of hydrogen-bond donors (Lipinski definition) is 0. The summed E-state index contributed by atoms with van der Waals surface area (Å²) in [7, 11) is 0. The van der Waals surface area contributed by atoms with Crippen molar-refractivity contribution in [2.24, 2.45) is 0 Å². The lowest BCUT2D eigenvalue weighted by molar-refractivity contribution is 0.307. The predicted octanol–water partition coefficient (Wildman–Crippen LogP) is 3.90. The Kier molecular flexibility index (Phi) is 2.50. The van der Waals surface area contributed by atoms with Crippen molar-refractivity contribution in [1.82, 2.24) is 0 Å². The largest absolute Gasteiger partial charge is 0.488 e. The molecular weight excluding hydrogens is 216 g/mol. The van der Waals surface area contributed by atoms with Crippen LogP contribution < -0.4 is 4.74 Å². The lowest BCUT2D eigenvalue weighted by Gasteiger charge is -2.09. The molecule has 1 aliphatic carbocycles. The molecule has 1 nitrogen and oxygen atoms in total. The van der Waals surface area contributed by atoms with Crippen molar-refractivity contribution in [3.05, 3.63) is 57.8 Å². The number of allylic oxidation sites excluding steroid dienone is 1. The van der Waals surface area contributed by atoms with Crippen molar-refractivity contribution in [3.8, 4) is 5.75 Å². The summed E-state index contributed by atoms with van der Waals surface area (Å²) in [6.45, 7) is 0.675. The van der Waals surface area contributed by atoms with Crippen molar-refractivity contribution in [3.63, 3.8) is 0 Å². The van der Waals surface area contributed by atoms with Crippen molar-refractivity contribution in [2.45, 2.75) is 13.0 Å². The first kappa shape index (κ1) is 9.67. The van der Waals surface area contributed by atoms with Gasteiger partial charge in [-0.1, -0.05) is 30.4 Å². The number of benzene rings is 1. The molecule has 16 heavy (non-hydrogen) atoms. The summed E-state index contributed by atoms with van der Waals surface area (Å²) >= 11 is 1.73. The average molecular weight is 228 g/mol. The molecule has 1 heterocycles. The standard InChI is InChI=1S/C14H12OS/c1-4-11-5-2-8-14(13(11)7-1)15-10-12-6-3-9-16-12/h1-6,8-9H,7,10H2. The molecule has 80 valence electrons. The first-order valence-electron chi connectivity index (χ1n) is 5.37. The zero-order chi connectivity index (χ0) is 10.8. The maximum Gasteiger partial charge on any atom is 0.123 e. The van der Waals surface area contributed by atoms with E-state index in [2.05, 4.69) is 47.9 Å². The van der Waals surface area contributed by atoms with Gasteiger partial charge in [0.05, 0.1) is 0 Å². The highest BCUT2D eigenvalue weighted by Gasteiger charge is 2.10. The van der Waals surface area contributed by atoms with Crippen LogP contribution >= 0.6 is 11.3 Å². The Morgan fingerprint density at radius 3 is 3.06 bits per heavy atom. The van der Waals surface area contributed by atoms with Crippen LogP contribution in [0.1, 0.15) is 16.0 Å². The number of hydrogen-bond acceptors (Lipinski definition) is 2. The fourth-order valence-electron chi connectivity index (χ4n) is 1.94. The molecule has 0 amide bonds. The minimum Gasteiger partial charge on any atom is -0.488 e. The van der Waals surface area contributed by atoms with Gasteiger partial charge in [-0.3, -0.25) is 0 Å². The van der Waals surface area contributed by atoms with Crippen molar-refractivity contribution >= 4 is 17.4 Å². The van der Waals surface area contributed by atoms with Gasteiger partial charge in [-0.25, -0.2) is 0 Å². The van der Waals surface area contributed by atoms with E-state index in [9.17, 15) is 0 Å². The van der Waals surface area contributed by atoms with Gasteiger partial charge in [-0.2, -0.15) is 0 Å². The predicted molar refractivity (Wildman–Crippen MR) is 67.8 cm³/mol. The molecule has 0 spiro atoms. The first-order valence-corrected chi connectivity index (χ1v) is 6.25. The molecule has 2 heteroatoms. The lowest BCUT2D eigenvalue weighted by Crippen LogP contribution is -1.96. The first-order chi connectivity index (χ1) is 7.93. The molecule has 0 fully saturated rings. The van der Waals surface area contributed by atoms with Crippen molar-refractivity contribution in [1.29, 1.82) is 0 Å². The van der Waals surface area contributed by atoms with Crippen LogP contribution in [-0.2, 0) is 13.0 Å². The van der Waals surface area contributed by atoms with Gasteiger partial charge in [-0.15, -0.1) is 11.3 Å². The highest BCUT2D eigenvalue weighted by Crippen LogP contribution is 2.29. The van der Waals surface area contributed by atoms with Crippen LogP contribution in [0.4, 0.5) is 0 Å². The van der Waals surface area contributed by atoms with Crippen molar-refractivity contribution in [2.75, 3.05) is 0 Å². The highest BCUT2D eigenvalue weighted by atomic mass is 32.1. The quantitative estimate of drug-likeness (QED) is 0.774. The zero-order valence-electron chi connectivity index (χ0n) is 8.85. The molecule has 0 radical (unpaired) electrons. The Morgan fingerprint density at radius 2 is 2.19 bits per heavy atom. The van der Waals surface area contributed by atoms with Gasteiger partial charge >= 0.3 is 0 Å². The summed E-state index contributed by atoms with van der Waals surface area (Å²) in [4.78, 5) is 1.27. The van der Waals surface area contributed by atoms with E-state index in [0.717, 1.165) is 12.2 Å². The maximum atomic E-state index is 5.86. The van der Waals surface area contributed by atoms with Crippen LogP contribution in [0.15, 0.2) is 41.8 Å². The SMILES string of the molecule is C1=Cc2cccc(OCc3cccs3)c2C1. The molecule has 0 saturated carbocycles. The van der Waals surface area contributed by atoms with Gasteiger partial charge in [0.15, 0.2) is 0 Å². The van der Waals surface area contributed by atoms with E-state index in [1.54, 1.807) is 11.3 Å². The summed E-state index contributed by atoms with van der Waals surface area (Å²) in [5.74, 6) is 1.02. The van der Waals surface area contributed by atoms with E-state index in [1.807, 2.05) is 0 Å². The van der Waals surface area contributed by atoms with Gasteiger partial charge in [0.1, 0.15) is 12.4 Å². The Labute approximate surface area is 99.0 Å². The topological polar surface area (TPSA) is 9.23 Å². The van der Waals surface area contributed by atoms with Crippen LogP contribution in [0.3, 0.4) is 0 Å². The van der Waals surface area contributed by atoms with Crippen LogP contribution in [0.2, 0.25) is 0 Å². The fourth-order valence-corrected chi connectivity index (χ4v) is 2.56. The molecule has 0 unspecified atom stereocenters. The van der Waals surface area contributed by atoms with Crippen LogP contribution in [0.25, 0.3) is 6.08 Å². The molecule has 3 rings (SSSR count). The Bertz CT molecular complexity index is 512. The second-order valence-corrected chi connectivity index (χ2v) is 4.83. The summed E-state index contributed by atoms with van der Waals surface area (Å²) in [5.41, 5.74) is 2.61. The fraction of sp³-hybridized carbons (Fsp3) is 0.143. The normalized spacial score (nSPS) is 12.8. The summed E-state index contributed by atoms with van der Waals surface area (Å²) in [6.07, 6.45) is 5.34. The molecule has 0 atom stereocenters. The second kappa shape index (κ2) is 4.14. The van der Waals surface area contributed by atoms with E-state index < -0.39 is 0 Å². The smallest absolute Gasteiger partial charge is 0.123 e. The Hall–Kier alpha value is -1.54. The van der Waals surface area contributed by atoms with E-state index >= 15 is 0 Å². The second-order valence-electron chi connectivity index (χ2n) is 3.80. The molecule has 1 aromatic heterocycles. The zero-order valence-corrected chi connectivity index (χ0v) is 9.67. The van der Waals surface area contributed by atoms with E-state index in [-0.39, 0.29) is 0 Å². The molecule has 2 aromatic rings. The molecule has 1 aromatic carbocycles. The molecule has 0 bridgehead atoms. The number of thiophene rings is 1. The monoisotopic (exact) mass is 228 g/mol. The van der Waals surface area contributed by atoms with Gasteiger partial charge in [0.25, 0.3) is 0 Å². The van der Waals surface area contributed by atoms with Gasteiger partial charge in [-0.05, 0) is 29.5 Å². The highest BCUT2D eigenvalue weighted by molar-refractivity contribution is 7.09. The summed E-state index contributed by atoms with van der Waals surface area (Å²) < 4.78 is 5.86. The maximum absolute atomic E-state index is 5.86. The summed E-state index contributed by atoms with van der Waals surface area (Å²) in [5, 5.41) is 2.08. The molecule has 0 N–H and O–H groups in total. The van der Waals surface area contributed by atoms with Crippen LogP contribution in [0, 0.1) is 0 Å². The average Bonchev–Trinajstić information content (AvgIpc) is 2.97. The Morgan fingerprint density at radius 1 is 1.19 bits per heavy atom. The minimum atomic E-state index is 0.675. The number of fused-ring (bicyclic) bond motifs is 1. The lowest BCUT2D eigenvalue weighted by atomic mass is 10.1. The third-order valence-corrected chi connectivity index (χ3v) is 3.59. The van der Waals surface area contributed by atoms with Crippen LogP contribution in [-0.4, -0.2) is 0 Å². The number of ether oxygens (including phenoxy) is 1. The van der Waals surface area contributed by atoms with E-state index in [4.69, 9.17) is 4.74 Å². The minimum absolute atomic E-state index is 0.675. The summed E-state index contributed by atoms with van der Waals surface area (Å²) in [6, 6.07) is 10.4. The van der Waals surface area contributed by atoms with Gasteiger partial charge in [0.2, 0.25) is 0 Å². The molecule has 0 saturated heterocycles. The third kappa shape index (κ3) is 1.76.